The third-order valence-electron chi connectivity index (χ3n) is 3.61. The first-order chi connectivity index (χ1) is 9.57. The van der Waals surface area contributed by atoms with Crippen molar-refractivity contribution < 1.29 is 13.2 Å². The van der Waals surface area contributed by atoms with Crippen LogP contribution in [0.4, 0.5) is 0 Å². The lowest BCUT2D eigenvalue weighted by Crippen LogP contribution is -2.40. The molecular weight excluding hydrogens is 314 g/mol. The summed E-state index contributed by atoms with van der Waals surface area (Å²) in [4.78, 5) is 4.18. The minimum Gasteiger partial charge on any atom is -0.481 e. The van der Waals surface area contributed by atoms with Gasteiger partial charge < -0.3 is 10.5 Å². The lowest BCUT2D eigenvalue weighted by Gasteiger charge is -2.31. The fourth-order valence-electron chi connectivity index (χ4n) is 2.51. The van der Waals surface area contributed by atoms with Gasteiger partial charge in [0.2, 0.25) is 15.9 Å². The Kier molecular flexibility index (Phi) is 6.86. The highest BCUT2D eigenvalue weighted by atomic mass is 35.5. The third-order valence-corrected chi connectivity index (χ3v) is 5.46. The molecule has 0 bridgehead atoms. The molecule has 0 aliphatic carbocycles. The van der Waals surface area contributed by atoms with Gasteiger partial charge in [0, 0.05) is 19.2 Å². The van der Waals surface area contributed by atoms with Gasteiger partial charge in [0.1, 0.15) is 4.90 Å². The Labute approximate surface area is 132 Å². The second kappa shape index (κ2) is 7.93. The zero-order valence-corrected chi connectivity index (χ0v) is 13.7. The van der Waals surface area contributed by atoms with Gasteiger partial charge in [-0.3, -0.25) is 0 Å². The summed E-state index contributed by atoms with van der Waals surface area (Å²) in [5.74, 6) is 0.762. The van der Waals surface area contributed by atoms with Gasteiger partial charge in [0.25, 0.3) is 0 Å². The second-order valence-electron chi connectivity index (χ2n) is 4.98. The minimum atomic E-state index is -3.46. The highest BCUT2D eigenvalue weighted by molar-refractivity contribution is 7.89. The van der Waals surface area contributed by atoms with Gasteiger partial charge in [0.15, 0.2) is 0 Å². The molecule has 1 aliphatic heterocycles. The maximum Gasteiger partial charge on any atom is 0.244 e. The minimum absolute atomic E-state index is 0. The van der Waals surface area contributed by atoms with Crippen molar-refractivity contribution in [1.82, 2.24) is 9.29 Å². The molecule has 0 spiro atoms. The summed E-state index contributed by atoms with van der Waals surface area (Å²) in [6.07, 6.45) is 4.14. The zero-order chi connectivity index (χ0) is 14.6. The van der Waals surface area contributed by atoms with Gasteiger partial charge in [-0.25, -0.2) is 13.4 Å². The predicted octanol–water partition coefficient (Wildman–Crippen LogP) is 1.26. The molecule has 1 aromatic rings. The van der Waals surface area contributed by atoms with E-state index in [0.29, 0.717) is 31.4 Å². The number of hydrogen-bond acceptors (Lipinski definition) is 5. The average molecular weight is 336 g/mol. The van der Waals surface area contributed by atoms with Crippen molar-refractivity contribution in [1.29, 1.82) is 0 Å². The van der Waals surface area contributed by atoms with E-state index in [9.17, 15) is 8.42 Å². The number of methoxy groups -OCH3 is 1. The van der Waals surface area contributed by atoms with Crippen LogP contribution in [0, 0.1) is 5.92 Å². The number of rotatable bonds is 5. The Morgan fingerprint density at radius 2 is 2.24 bits per heavy atom. The number of sulfonamides is 1. The van der Waals surface area contributed by atoms with E-state index in [1.807, 2.05) is 0 Å². The van der Waals surface area contributed by atoms with E-state index >= 15 is 0 Å². The first kappa shape index (κ1) is 18.2. The van der Waals surface area contributed by atoms with Crippen molar-refractivity contribution in [2.45, 2.75) is 24.2 Å². The number of halogens is 1. The molecule has 1 aromatic heterocycles. The molecule has 1 atom stereocenters. The first-order valence-electron chi connectivity index (χ1n) is 6.78. The van der Waals surface area contributed by atoms with Gasteiger partial charge in [-0.05, 0) is 37.8 Å². The first-order valence-corrected chi connectivity index (χ1v) is 8.22. The molecule has 21 heavy (non-hydrogen) atoms. The summed E-state index contributed by atoms with van der Waals surface area (Å²) in [6, 6.07) is 3.10. The molecule has 2 N–H and O–H groups in total. The highest BCUT2D eigenvalue weighted by Crippen LogP contribution is 2.25. The van der Waals surface area contributed by atoms with Crippen molar-refractivity contribution in [3.8, 4) is 5.88 Å². The number of nitrogens with zero attached hydrogens (tertiary/aromatic N) is 2. The fourth-order valence-corrected chi connectivity index (χ4v) is 4.01. The molecular formula is C13H22ClN3O3S. The van der Waals surface area contributed by atoms with Crippen molar-refractivity contribution in [2.75, 3.05) is 26.7 Å². The number of aromatic nitrogens is 1. The molecule has 2 heterocycles. The smallest absolute Gasteiger partial charge is 0.244 e. The monoisotopic (exact) mass is 335 g/mol. The summed E-state index contributed by atoms with van der Waals surface area (Å²) < 4.78 is 31.6. The van der Waals surface area contributed by atoms with Crippen LogP contribution in [0.25, 0.3) is 0 Å². The maximum absolute atomic E-state index is 12.6. The van der Waals surface area contributed by atoms with Gasteiger partial charge in [0.05, 0.1) is 13.3 Å². The summed E-state index contributed by atoms with van der Waals surface area (Å²) >= 11 is 0. The zero-order valence-electron chi connectivity index (χ0n) is 12.1. The maximum atomic E-state index is 12.6. The van der Waals surface area contributed by atoms with Gasteiger partial charge in [-0.2, -0.15) is 4.31 Å². The van der Waals surface area contributed by atoms with Crippen LogP contribution < -0.4 is 10.5 Å². The quantitative estimate of drug-likeness (QED) is 0.875. The van der Waals surface area contributed by atoms with Gasteiger partial charge >= 0.3 is 0 Å². The Hall–Kier alpha value is -0.890. The molecule has 0 amide bonds. The van der Waals surface area contributed by atoms with Gasteiger partial charge in [-0.15, -0.1) is 12.4 Å². The highest BCUT2D eigenvalue weighted by Gasteiger charge is 2.30. The molecule has 1 unspecified atom stereocenters. The number of pyridine rings is 1. The Morgan fingerprint density at radius 1 is 1.48 bits per heavy atom. The SMILES string of the molecule is COc1ccc(S(=O)(=O)N2CCCC(CCN)C2)cn1.Cl. The van der Waals surface area contributed by atoms with Crippen molar-refractivity contribution in [3.63, 3.8) is 0 Å². The molecule has 0 saturated carbocycles. The van der Waals surface area contributed by atoms with E-state index in [2.05, 4.69) is 4.98 Å². The molecule has 6 nitrogen and oxygen atoms in total. The summed E-state index contributed by atoms with van der Waals surface area (Å²) in [6.45, 7) is 1.71. The third kappa shape index (κ3) is 4.29. The molecule has 2 rings (SSSR count). The lowest BCUT2D eigenvalue weighted by atomic mass is 9.96. The second-order valence-corrected chi connectivity index (χ2v) is 6.92. The van der Waals surface area contributed by atoms with Gasteiger partial charge in [-0.1, -0.05) is 0 Å². The summed E-state index contributed by atoms with van der Waals surface area (Å²) in [7, 11) is -1.97. The number of hydrogen-bond donors (Lipinski definition) is 1. The summed E-state index contributed by atoms with van der Waals surface area (Å²) in [5, 5.41) is 0. The van der Waals surface area contributed by atoms with Crippen LogP contribution in [0.5, 0.6) is 5.88 Å². The van der Waals surface area contributed by atoms with E-state index in [-0.39, 0.29) is 17.3 Å². The Morgan fingerprint density at radius 3 is 2.81 bits per heavy atom. The van der Waals surface area contributed by atoms with E-state index in [1.54, 1.807) is 10.4 Å². The van der Waals surface area contributed by atoms with Crippen LogP contribution in [-0.2, 0) is 10.0 Å². The normalized spacial score (nSPS) is 19.8. The molecule has 0 radical (unpaired) electrons. The van der Waals surface area contributed by atoms with Crippen LogP contribution in [0.3, 0.4) is 0 Å². The predicted molar refractivity (Wildman–Crippen MR) is 83.2 cm³/mol. The molecule has 1 fully saturated rings. The van der Waals surface area contributed by atoms with E-state index in [4.69, 9.17) is 10.5 Å². The van der Waals surface area contributed by atoms with Crippen molar-refractivity contribution in [2.24, 2.45) is 11.7 Å². The van der Waals surface area contributed by atoms with E-state index < -0.39 is 10.0 Å². The fraction of sp³-hybridized carbons (Fsp3) is 0.615. The molecule has 0 aromatic carbocycles. The molecule has 8 heteroatoms. The largest absolute Gasteiger partial charge is 0.481 e. The van der Waals surface area contributed by atoms with E-state index in [1.165, 1.54) is 19.4 Å². The van der Waals surface area contributed by atoms with Crippen molar-refractivity contribution in [3.05, 3.63) is 18.3 Å². The van der Waals surface area contributed by atoms with E-state index in [0.717, 1.165) is 19.3 Å². The number of piperidine rings is 1. The van der Waals surface area contributed by atoms with Crippen LogP contribution in [0.2, 0.25) is 0 Å². The standard InChI is InChI=1S/C13H21N3O3S.ClH/c1-19-13-5-4-12(9-15-13)20(17,18)16-8-2-3-11(10-16)6-7-14;/h4-5,9,11H,2-3,6-8,10,14H2,1H3;1H. The van der Waals surface area contributed by atoms with Crippen LogP contribution in [-0.4, -0.2) is 44.5 Å². The summed E-state index contributed by atoms with van der Waals surface area (Å²) in [5.41, 5.74) is 5.57. The molecule has 1 saturated heterocycles. The molecule has 120 valence electrons. The Balaban J connectivity index is 0.00000220. The van der Waals surface area contributed by atoms with Crippen LogP contribution in [0.15, 0.2) is 23.2 Å². The lowest BCUT2D eigenvalue weighted by molar-refractivity contribution is 0.258. The van der Waals surface area contributed by atoms with Crippen LogP contribution in [0.1, 0.15) is 19.3 Å². The van der Waals surface area contributed by atoms with Crippen molar-refractivity contribution >= 4 is 22.4 Å². The molecule has 1 aliphatic rings. The number of ether oxygens (including phenoxy) is 1. The topological polar surface area (TPSA) is 85.5 Å². The Bertz CT molecular complexity index is 534. The number of nitrogens with two attached hydrogens (primary N) is 1. The average Bonchev–Trinajstić information content (AvgIpc) is 2.48. The van der Waals surface area contributed by atoms with Crippen LogP contribution >= 0.6 is 12.4 Å².